The van der Waals surface area contributed by atoms with Crippen LogP contribution in [-0.4, -0.2) is 26.4 Å². The number of hydrogen-bond donors (Lipinski definition) is 1. The Kier molecular flexibility index (Phi) is 6.77. The molecule has 6 nitrogen and oxygen atoms in total. The van der Waals surface area contributed by atoms with E-state index in [1.807, 2.05) is 54.1 Å². The molecule has 0 atom stereocenters. The van der Waals surface area contributed by atoms with Crippen molar-refractivity contribution in [3.63, 3.8) is 0 Å². The van der Waals surface area contributed by atoms with Gasteiger partial charge < -0.3 is 14.6 Å². The SMILES string of the molecule is Cc1c(OCc2nnc(SCC(=O)Nc3ccc(I)cc3)n2C)ccc2ccccc12. The summed E-state index contributed by atoms with van der Waals surface area (Å²) in [5, 5.41) is 14.4. The summed E-state index contributed by atoms with van der Waals surface area (Å²) in [6.07, 6.45) is 0. The summed E-state index contributed by atoms with van der Waals surface area (Å²) in [6.45, 7) is 2.36. The molecule has 0 saturated heterocycles. The highest BCUT2D eigenvalue weighted by atomic mass is 127. The largest absolute Gasteiger partial charge is 0.485 e. The minimum absolute atomic E-state index is 0.0844. The van der Waals surface area contributed by atoms with Crippen LogP contribution in [0.4, 0.5) is 5.69 Å². The first-order chi connectivity index (χ1) is 15.0. The number of nitrogens with zero attached hydrogens (tertiary/aromatic N) is 3. The smallest absolute Gasteiger partial charge is 0.234 e. The molecule has 8 heteroatoms. The Morgan fingerprint density at radius 1 is 1.10 bits per heavy atom. The van der Waals surface area contributed by atoms with Crippen molar-refractivity contribution < 1.29 is 9.53 Å². The number of aryl methyl sites for hydroxylation is 1. The summed E-state index contributed by atoms with van der Waals surface area (Å²) in [5.74, 6) is 1.70. The highest BCUT2D eigenvalue weighted by molar-refractivity contribution is 14.1. The van der Waals surface area contributed by atoms with Gasteiger partial charge in [0, 0.05) is 16.3 Å². The van der Waals surface area contributed by atoms with Gasteiger partial charge in [-0.15, -0.1) is 10.2 Å². The van der Waals surface area contributed by atoms with E-state index in [1.165, 1.54) is 22.5 Å². The Morgan fingerprint density at radius 2 is 1.87 bits per heavy atom. The number of nitrogens with one attached hydrogen (secondary N) is 1. The van der Waals surface area contributed by atoms with E-state index in [9.17, 15) is 4.79 Å². The zero-order valence-electron chi connectivity index (χ0n) is 17.1. The maximum absolute atomic E-state index is 12.2. The van der Waals surface area contributed by atoms with Gasteiger partial charge in [0.25, 0.3) is 0 Å². The molecule has 0 aliphatic rings. The van der Waals surface area contributed by atoms with E-state index in [0.717, 1.165) is 20.6 Å². The zero-order chi connectivity index (χ0) is 21.8. The molecule has 4 aromatic rings. The number of hydrogen-bond acceptors (Lipinski definition) is 5. The minimum atomic E-state index is -0.0844. The lowest BCUT2D eigenvalue weighted by Crippen LogP contribution is -2.14. The van der Waals surface area contributed by atoms with E-state index in [0.29, 0.717) is 17.6 Å². The number of benzene rings is 3. The zero-order valence-corrected chi connectivity index (χ0v) is 20.1. The summed E-state index contributed by atoms with van der Waals surface area (Å²) >= 11 is 3.58. The van der Waals surface area contributed by atoms with Gasteiger partial charge in [0.2, 0.25) is 5.91 Å². The molecule has 0 bridgehead atoms. The van der Waals surface area contributed by atoms with E-state index in [1.54, 1.807) is 0 Å². The fourth-order valence-corrected chi connectivity index (χ4v) is 4.25. The van der Waals surface area contributed by atoms with Crippen LogP contribution in [-0.2, 0) is 18.4 Å². The first-order valence-corrected chi connectivity index (χ1v) is 11.8. The monoisotopic (exact) mass is 544 g/mol. The molecule has 0 fully saturated rings. The van der Waals surface area contributed by atoms with Crippen molar-refractivity contribution in [2.45, 2.75) is 18.7 Å². The van der Waals surface area contributed by atoms with Crippen molar-refractivity contribution in [2.24, 2.45) is 7.05 Å². The molecule has 4 rings (SSSR count). The molecule has 0 radical (unpaired) electrons. The highest BCUT2D eigenvalue weighted by Crippen LogP contribution is 2.28. The Labute approximate surface area is 198 Å². The predicted molar refractivity (Wildman–Crippen MR) is 133 cm³/mol. The summed E-state index contributed by atoms with van der Waals surface area (Å²) in [7, 11) is 1.88. The van der Waals surface area contributed by atoms with Crippen molar-refractivity contribution in [3.05, 3.63) is 75.6 Å². The van der Waals surface area contributed by atoms with Crippen LogP contribution in [0.25, 0.3) is 10.8 Å². The van der Waals surface area contributed by atoms with Crippen molar-refractivity contribution >= 4 is 56.7 Å². The topological polar surface area (TPSA) is 69.0 Å². The Bertz CT molecular complexity index is 1220. The van der Waals surface area contributed by atoms with Gasteiger partial charge in [-0.25, -0.2) is 0 Å². The maximum Gasteiger partial charge on any atom is 0.234 e. The number of amides is 1. The van der Waals surface area contributed by atoms with Gasteiger partial charge in [-0.05, 0) is 76.2 Å². The van der Waals surface area contributed by atoms with Crippen molar-refractivity contribution in [3.8, 4) is 5.75 Å². The second-order valence-electron chi connectivity index (χ2n) is 7.00. The first kappa shape index (κ1) is 21.6. The van der Waals surface area contributed by atoms with Crippen molar-refractivity contribution in [2.75, 3.05) is 11.1 Å². The van der Waals surface area contributed by atoms with Crippen LogP contribution >= 0.6 is 34.4 Å². The summed E-state index contributed by atoms with van der Waals surface area (Å²) in [6, 6.07) is 20.0. The Morgan fingerprint density at radius 3 is 2.68 bits per heavy atom. The molecule has 31 heavy (non-hydrogen) atoms. The third-order valence-corrected chi connectivity index (χ3v) is 6.63. The van der Waals surface area contributed by atoms with Crippen LogP contribution in [0.1, 0.15) is 11.4 Å². The Balaban J connectivity index is 1.35. The number of carbonyl (C=O) groups excluding carboxylic acids is 1. The van der Waals surface area contributed by atoms with Crippen LogP contribution in [0.15, 0.2) is 65.8 Å². The molecular formula is C23H21IN4O2S. The van der Waals surface area contributed by atoms with Gasteiger partial charge in [0.05, 0.1) is 5.75 Å². The quantitative estimate of drug-likeness (QED) is 0.256. The van der Waals surface area contributed by atoms with E-state index in [2.05, 4.69) is 63.2 Å². The second-order valence-corrected chi connectivity index (χ2v) is 9.19. The number of rotatable bonds is 7. The average molecular weight is 544 g/mol. The first-order valence-electron chi connectivity index (χ1n) is 9.69. The van der Waals surface area contributed by atoms with E-state index in [4.69, 9.17) is 4.74 Å². The van der Waals surface area contributed by atoms with Crippen LogP contribution in [0.3, 0.4) is 0 Å². The lowest BCUT2D eigenvalue weighted by molar-refractivity contribution is -0.113. The van der Waals surface area contributed by atoms with Crippen molar-refractivity contribution in [1.82, 2.24) is 14.8 Å². The summed E-state index contributed by atoms with van der Waals surface area (Å²) < 4.78 is 9.01. The van der Waals surface area contributed by atoms with Gasteiger partial charge in [-0.2, -0.15) is 0 Å². The normalized spacial score (nSPS) is 10.9. The number of anilines is 1. The number of aromatic nitrogens is 3. The number of halogens is 1. The molecule has 158 valence electrons. The highest BCUT2D eigenvalue weighted by Gasteiger charge is 2.13. The molecule has 1 heterocycles. The number of ether oxygens (including phenoxy) is 1. The lowest BCUT2D eigenvalue weighted by atomic mass is 10.0. The molecule has 0 spiro atoms. The van der Waals surface area contributed by atoms with E-state index >= 15 is 0 Å². The number of carbonyl (C=O) groups is 1. The van der Waals surface area contributed by atoms with E-state index < -0.39 is 0 Å². The van der Waals surface area contributed by atoms with Crippen LogP contribution in [0.2, 0.25) is 0 Å². The fourth-order valence-electron chi connectivity index (χ4n) is 3.16. The molecule has 1 N–H and O–H groups in total. The van der Waals surface area contributed by atoms with Gasteiger partial charge in [0.1, 0.15) is 12.4 Å². The van der Waals surface area contributed by atoms with Crippen LogP contribution in [0.5, 0.6) is 5.75 Å². The molecule has 0 aliphatic heterocycles. The van der Waals surface area contributed by atoms with Gasteiger partial charge in [-0.1, -0.05) is 42.1 Å². The Hall–Kier alpha value is -2.59. The molecule has 1 aromatic heterocycles. The number of fused-ring (bicyclic) bond motifs is 1. The van der Waals surface area contributed by atoms with Gasteiger partial charge in [0.15, 0.2) is 11.0 Å². The predicted octanol–water partition coefficient (Wildman–Crippen LogP) is 5.19. The molecule has 0 aliphatic carbocycles. The molecule has 0 unspecified atom stereocenters. The van der Waals surface area contributed by atoms with E-state index in [-0.39, 0.29) is 11.7 Å². The number of thioether (sulfide) groups is 1. The third kappa shape index (κ3) is 5.19. The summed E-state index contributed by atoms with van der Waals surface area (Å²) in [5.41, 5.74) is 1.88. The van der Waals surface area contributed by atoms with Crippen LogP contribution < -0.4 is 10.1 Å². The fraction of sp³-hybridized carbons (Fsp3) is 0.174. The summed E-state index contributed by atoms with van der Waals surface area (Å²) in [4.78, 5) is 12.2. The minimum Gasteiger partial charge on any atom is -0.485 e. The molecule has 3 aromatic carbocycles. The average Bonchev–Trinajstić information content (AvgIpc) is 3.13. The van der Waals surface area contributed by atoms with Crippen LogP contribution in [0, 0.1) is 10.5 Å². The van der Waals surface area contributed by atoms with Gasteiger partial charge >= 0.3 is 0 Å². The standard InChI is InChI=1S/C23H21IN4O2S/c1-15-19-6-4-3-5-16(19)7-12-20(15)30-13-21-26-27-23(28(21)2)31-14-22(29)25-18-10-8-17(24)9-11-18/h3-12H,13-14H2,1-2H3,(H,25,29). The third-order valence-electron chi connectivity index (χ3n) is 4.89. The lowest BCUT2D eigenvalue weighted by Gasteiger charge is -2.11. The maximum atomic E-state index is 12.2. The van der Waals surface area contributed by atoms with Gasteiger partial charge in [-0.3, -0.25) is 4.79 Å². The molecule has 0 saturated carbocycles. The second kappa shape index (κ2) is 9.69. The molecule has 1 amide bonds. The molecular weight excluding hydrogens is 523 g/mol. The van der Waals surface area contributed by atoms with Crippen molar-refractivity contribution in [1.29, 1.82) is 0 Å².